The van der Waals surface area contributed by atoms with Crippen LogP contribution in [-0.2, 0) is 10.0 Å². The highest BCUT2D eigenvalue weighted by molar-refractivity contribution is 7.90. The molecule has 0 fully saturated rings. The van der Waals surface area contributed by atoms with Crippen molar-refractivity contribution in [3.05, 3.63) is 29.8 Å². The van der Waals surface area contributed by atoms with Gasteiger partial charge in [-0.25, -0.2) is 0 Å². The Morgan fingerprint density at radius 1 is 1.29 bits per heavy atom. The summed E-state index contributed by atoms with van der Waals surface area (Å²) in [5.74, 6) is -0.789. The molecule has 5 nitrogen and oxygen atoms in total. The maximum Gasteiger partial charge on any atom is 0.282 e. The van der Waals surface area contributed by atoms with Crippen molar-refractivity contribution in [2.24, 2.45) is 0 Å². The first-order valence-corrected chi connectivity index (χ1v) is 5.11. The Morgan fingerprint density at radius 3 is 2.50 bits per heavy atom. The average molecular weight is 208 g/mol. The van der Waals surface area contributed by atoms with E-state index >= 15 is 0 Å². The van der Waals surface area contributed by atoms with Crippen LogP contribution in [-0.4, -0.2) is 18.6 Å². The van der Waals surface area contributed by atoms with Crippen LogP contribution in [0.25, 0.3) is 0 Å². The molecule has 1 aromatic rings. The van der Waals surface area contributed by atoms with Gasteiger partial charge in [-0.15, -0.1) is 4.31 Å². The minimum atomic E-state index is -3.92. The van der Waals surface area contributed by atoms with Crippen molar-refractivity contribution in [1.29, 1.82) is 5.26 Å². The molecule has 0 saturated heterocycles. The van der Waals surface area contributed by atoms with Crippen LogP contribution >= 0.6 is 0 Å². The van der Waals surface area contributed by atoms with E-state index in [9.17, 15) is 13.2 Å². The van der Waals surface area contributed by atoms with Gasteiger partial charge in [0.1, 0.15) is 4.90 Å². The zero-order chi connectivity index (χ0) is 10.3. The number of carbonyl (C=O) groups excluding carboxylic acids is 1. The number of rotatable bonds is 0. The van der Waals surface area contributed by atoms with Crippen molar-refractivity contribution in [2.45, 2.75) is 4.90 Å². The predicted octanol–water partition coefficient (Wildman–Crippen LogP) is 0.312. The van der Waals surface area contributed by atoms with Gasteiger partial charge < -0.3 is 0 Å². The number of amides is 1. The Bertz CT molecular complexity index is 556. The molecule has 0 N–H and O–H groups in total. The van der Waals surface area contributed by atoms with Crippen molar-refractivity contribution in [3.8, 4) is 6.19 Å². The standard InChI is InChI=1S/C8H4N2O3S/c9-5-10-8(11)6-3-1-2-4-7(6)14(10,12)13/h1-4H. The molecule has 0 spiro atoms. The highest BCUT2D eigenvalue weighted by Crippen LogP contribution is 2.28. The van der Waals surface area contributed by atoms with Crippen LogP contribution in [0.5, 0.6) is 0 Å². The highest BCUT2D eigenvalue weighted by Gasteiger charge is 2.41. The molecular formula is C8H4N2O3S. The van der Waals surface area contributed by atoms with Crippen LogP contribution in [0.15, 0.2) is 29.2 Å². The summed E-state index contributed by atoms with van der Waals surface area (Å²) in [6.07, 6.45) is 1.35. The van der Waals surface area contributed by atoms with E-state index in [2.05, 4.69) is 0 Å². The SMILES string of the molecule is N#CN1C(=O)c2ccccc2S1(=O)=O. The number of sulfonamides is 1. The van der Waals surface area contributed by atoms with E-state index in [0.717, 1.165) is 0 Å². The third kappa shape index (κ3) is 0.871. The lowest BCUT2D eigenvalue weighted by molar-refractivity contribution is 0.0912. The molecule has 1 heterocycles. The molecule has 0 saturated carbocycles. The van der Waals surface area contributed by atoms with E-state index < -0.39 is 15.9 Å². The molecule has 0 aliphatic carbocycles. The largest absolute Gasteiger partial charge is 0.282 e. The van der Waals surface area contributed by atoms with E-state index in [1.807, 2.05) is 0 Å². The van der Waals surface area contributed by atoms with E-state index in [4.69, 9.17) is 5.26 Å². The van der Waals surface area contributed by atoms with Gasteiger partial charge in [-0.1, -0.05) is 12.1 Å². The maximum absolute atomic E-state index is 11.5. The number of hydrogen-bond acceptors (Lipinski definition) is 4. The predicted molar refractivity (Wildman–Crippen MR) is 45.4 cm³/mol. The normalized spacial score (nSPS) is 17.6. The minimum Gasteiger partial charge on any atom is -0.267 e. The summed E-state index contributed by atoms with van der Waals surface area (Å²) >= 11 is 0. The van der Waals surface area contributed by atoms with Crippen molar-refractivity contribution >= 4 is 15.9 Å². The molecule has 0 atom stereocenters. The Hall–Kier alpha value is -1.87. The second-order valence-corrected chi connectivity index (χ2v) is 4.43. The summed E-state index contributed by atoms with van der Waals surface area (Å²) in [7, 11) is -3.92. The third-order valence-corrected chi connectivity index (χ3v) is 3.55. The monoisotopic (exact) mass is 208 g/mol. The first kappa shape index (κ1) is 8.72. The van der Waals surface area contributed by atoms with E-state index in [1.54, 1.807) is 6.07 Å². The van der Waals surface area contributed by atoms with Gasteiger partial charge in [0.25, 0.3) is 15.9 Å². The average Bonchev–Trinajstić information content (AvgIpc) is 2.36. The van der Waals surface area contributed by atoms with Gasteiger partial charge >= 0.3 is 0 Å². The number of fused-ring (bicyclic) bond motifs is 1. The number of hydrogen-bond donors (Lipinski definition) is 0. The van der Waals surface area contributed by atoms with Gasteiger partial charge in [0.2, 0.25) is 6.19 Å². The lowest BCUT2D eigenvalue weighted by atomic mass is 10.2. The van der Waals surface area contributed by atoms with Crippen LogP contribution in [0.4, 0.5) is 0 Å². The summed E-state index contributed by atoms with van der Waals surface area (Å²) < 4.78 is 23.2. The molecule has 1 aliphatic heterocycles. The van der Waals surface area contributed by atoms with Crippen LogP contribution in [0.3, 0.4) is 0 Å². The Labute approximate surface area is 80.2 Å². The van der Waals surface area contributed by atoms with Gasteiger partial charge in [-0.2, -0.15) is 13.7 Å². The summed E-state index contributed by atoms with van der Waals surface area (Å²) in [6.45, 7) is 0. The number of carbonyl (C=O) groups is 1. The zero-order valence-corrected chi connectivity index (χ0v) is 7.65. The molecule has 0 unspecified atom stereocenters. The molecule has 0 bridgehead atoms. The third-order valence-electron chi connectivity index (χ3n) is 1.91. The minimum absolute atomic E-state index is 0.0500. The number of nitriles is 1. The quantitative estimate of drug-likeness (QED) is 0.575. The summed E-state index contributed by atoms with van der Waals surface area (Å²) in [6, 6.07) is 5.74. The molecule has 0 aromatic heterocycles. The molecule has 1 aromatic carbocycles. The maximum atomic E-state index is 11.5. The lowest BCUT2D eigenvalue weighted by Crippen LogP contribution is -2.24. The Kier molecular flexibility index (Phi) is 1.59. The second-order valence-electron chi connectivity index (χ2n) is 2.67. The van der Waals surface area contributed by atoms with Gasteiger partial charge in [0, 0.05) is 0 Å². The molecular weight excluding hydrogens is 204 g/mol. The first-order chi connectivity index (χ1) is 6.59. The van der Waals surface area contributed by atoms with Crippen molar-refractivity contribution in [3.63, 3.8) is 0 Å². The molecule has 0 radical (unpaired) electrons. The Balaban J connectivity index is 2.82. The van der Waals surface area contributed by atoms with Crippen LogP contribution in [0.1, 0.15) is 10.4 Å². The molecule has 70 valence electrons. The van der Waals surface area contributed by atoms with E-state index in [0.29, 0.717) is 0 Å². The first-order valence-electron chi connectivity index (χ1n) is 3.67. The molecule has 14 heavy (non-hydrogen) atoms. The van der Waals surface area contributed by atoms with Crippen LogP contribution in [0, 0.1) is 11.5 Å². The van der Waals surface area contributed by atoms with Gasteiger partial charge in [0.15, 0.2) is 0 Å². The number of nitrogens with zero attached hydrogens (tertiary/aromatic N) is 2. The fourth-order valence-electron chi connectivity index (χ4n) is 1.28. The zero-order valence-electron chi connectivity index (χ0n) is 6.84. The van der Waals surface area contributed by atoms with Crippen molar-refractivity contribution in [2.75, 3.05) is 0 Å². The van der Waals surface area contributed by atoms with Crippen molar-refractivity contribution in [1.82, 2.24) is 4.31 Å². The molecule has 6 heteroatoms. The van der Waals surface area contributed by atoms with Gasteiger partial charge in [-0.05, 0) is 12.1 Å². The number of benzene rings is 1. The summed E-state index contributed by atoms with van der Waals surface area (Å²) in [4.78, 5) is 11.3. The van der Waals surface area contributed by atoms with E-state index in [1.165, 1.54) is 24.4 Å². The van der Waals surface area contributed by atoms with Gasteiger partial charge in [0.05, 0.1) is 5.56 Å². The molecule has 2 rings (SSSR count). The topological polar surface area (TPSA) is 78.2 Å². The lowest BCUT2D eigenvalue weighted by Gasteiger charge is -2.01. The fraction of sp³-hybridized carbons (Fsp3) is 0. The second kappa shape index (κ2) is 2.56. The van der Waals surface area contributed by atoms with E-state index in [-0.39, 0.29) is 14.8 Å². The van der Waals surface area contributed by atoms with Crippen LogP contribution < -0.4 is 0 Å². The van der Waals surface area contributed by atoms with Gasteiger partial charge in [-0.3, -0.25) is 4.79 Å². The summed E-state index contributed by atoms with van der Waals surface area (Å²) in [5.41, 5.74) is 0.0500. The smallest absolute Gasteiger partial charge is 0.267 e. The molecule has 1 amide bonds. The Morgan fingerprint density at radius 2 is 1.93 bits per heavy atom. The van der Waals surface area contributed by atoms with Crippen molar-refractivity contribution < 1.29 is 13.2 Å². The summed E-state index contributed by atoms with van der Waals surface area (Å²) in [5, 5.41) is 8.52. The highest BCUT2D eigenvalue weighted by atomic mass is 32.2. The molecule has 1 aliphatic rings. The fourth-order valence-corrected chi connectivity index (χ4v) is 2.59. The van der Waals surface area contributed by atoms with Crippen LogP contribution in [0.2, 0.25) is 0 Å².